The van der Waals surface area contributed by atoms with Crippen molar-refractivity contribution in [1.29, 1.82) is 0 Å². The molecule has 0 bridgehead atoms. The third kappa shape index (κ3) is 3.56. The van der Waals surface area contributed by atoms with Crippen molar-refractivity contribution in [1.82, 2.24) is 9.80 Å². The summed E-state index contributed by atoms with van der Waals surface area (Å²) < 4.78 is 5.76. The lowest BCUT2D eigenvalue weighted by Gasteiger charge is -2.22. The second kappa shape index (κ2) is 7.85. The van der Waals surface area contributed by atoms with Crippen LogP contribution in [0.1, 0.15) is 23.5 Å². The van der Waals surface area contributed by atoms with E-state index in [0.717, 1.165) is 26.1 Å². The van der Waals surface area contributed by atoms with Gasteiger partial charge in [0.15, 0.2) is 0 Å². The predicted octanol–water partition coefficient (Wildman–Crippen LogP) is 3.58. The second-order valence-corrected chi connectivity index (χ2v) is 7.12. The van der Waals surface area contributed by atoms with Crippen LogP contribution >= 0.6 is 0 Å². The molecule has 0 saturated carbocycles. The summed E-state index contributed by atoms with van der Waals surface area (Å²) in [5, 5.41) is 0. The number of amides is 1. The molecule has 1 fully saturated rings. The Kier molecular flexibility index (Phi) is 5.13. The van der Waals surface area contributed by atoms with Crippen LogP contribution in [0.3, 0.4) is 0 Å². The summed E-state index contributed by atoms with van der Waals surface area (Å²) in [4.78, 5) is 16.7. The average Bonchev–Trinajstić information content (AvgIpc) is 2.84. The highest BCUT2D eigenvalue weighted by Crippen LogP contribution is 2.44. The van der Waals surface area contributed by atoms with E-state index >= 15 is 0 Å². The average molecular weight is 360 g/mol. The Balaban J connectivity index is 1.43. The normalized spacial score (nSPS) is 16.9. The lowest BCUT2D eigenvalue weighted by molar-refractivity contribution is 0.101. The molecule has 1 aliphatic heterocycles. The standard InChI is InChI=1S/C23H24N2O2/c1-2-12-24-13-7-14-25(16-15-24)23(26)27-17-22-20-10-5-3-8-18(20)19-9-4-6-11-21(19)22/h1,3-6,8-11,22H,7,12-17H2. The molecule has 2 aromatic carbocycles. The fourth-order valence-electron chi connectivity index (χ4n) is 4.13. The summed E-state index contributed by atoms with van der Waals surface area (Å²) in [6, 6.07) is 16.8. The molecule has 138 valence electrons. The highest BCUT2D eigenvalue weighted by molar-refractivity contribution is 5.79. The number of terminal acetylenes is 1. The summed E-state index contributed by atoms with van der Waals surface area (Å²) in [5.74, 6) is 2.78. The maximum Gasteiger partial charge on any atom is 0.409 e. The zero-order chi connectivity index (χ0) is 18.6. The molecule has 4 rings (SSSR count). The first-order valence-electron chi connectivity index (χ1n) is 9.53. The number of ether oxygens (including phenoxy) is 1. The van der Waals surface area contributed by atoms with E-state index < -0.39 is 0 Å². The van der Waals surface area contributed by atoms with Crippen molar-refractivity contribution in [3.05, 3.63) is 59.7 Å². The highest BCUT2D eigenvalue weighted by atomic mass is 16.6. The Labute approximate surface area is 160 Å². The number of carbonyl (C=O) groups is 1. The van der Waals surface area contributed by atoms with Crippen LogP contribution in [-0.2, 0) is 4.74 Å². The molecule has 4 heteroatoms. The largest absolute Gasteiger partial charge is 0.448 e. The number of nitrogens with zero attached hydrogens (tertiary/aromatic N) is 2. The van der Waals surface area contributed by atoms with Gasteiger partial charge < -0.3 is 9.64 Å². The van der Waals surface area contributed by atoms with Crippen LogP contribution in [0.15, 0.2) is 48.5 Å². The Morgan fingerprint density at radius 3 is 2.33 bits per heavy atom. The molecule has 4 nitrogen and oxygen atoms in total. The minimum absolute atomic E-state index is 0.103. The quantitative estimate of drug-likeness (QED) is 0.785. The molecule has 2 aromatic rings. The SMILES string of the molecule is C#CCN1CCCN(C(=O)OCC2c3ccccc3-c3ccccc32)CC1. The Hall–Kier alpha value is -2.77. The molecule has 0 spiro atoms. The van der Waals surface area contributed by atoms with E-state index in [1.807, 2.05) is 4.90 Å². The number of benzene rings is 2. The Bertz CT molecular complexity index is 825. The Morgan fingerprint density at radius 2 is 1.67 bits per heavy atom. The van der Waals surface area contributed by atoms with Gasteiger partial charge in [-0.3, -0.25) is 4.90 Å². The van der Waals surface area contributed by atoms with Crippen molar-refractivity contribution in [2.24, 2.45) is 0 Å². The van der Waals surface area contributed by atoms with Gasteiger partial charge >= 0.3 is 6.09 Å². The van der Waals surface area contributed by atoms with E-state index in [1.54, 1.807) is 0 Å². The zero-order valence-electron chi connectivity index (χ0n) is 15.4. The molecule has 1 amide bonds. The molecule has 1 aliphatic carbocycles. The zero-order valence-corrected chi connectivity index (χ0v) is 15.4. The van der Waals surface area contributed by atoms with Crippen LogP contribution in [0.4, 0.5) is 4.79 Å². The first-order valence-corrected chi connectivity index (χ1v) is 9.53. The number of hydrogen-bond acceptors (Lipinski definition) is 3. The molecule has 0 radical (unpaired) electrons. The first kappa shape index (κ1) is 17.6. The van der Waals surface area contributed by atoms with Crippen molar-refractivity contribution in [2.45, 2.75) is 12.3 Å². The van der Waals surface area contributed by atoms with Crippen molar-refractivity contribution >= 4 is 6.09 Å². The number of hydrogen-bond donors (Lipinski definition) is 0. The van der Waals surface area contributed by atoms with E-state index in [-0.39, 0.29) is 12.0 Å². The van der Waals surface area contributed by atoms with Crippen LogP contribution in [0.2, 0.25) is 0 Å². The van der Waals surface area contributed by atoms with Crippen LogP contribution < -0.4 is 0 Å². The summed E-state index contributed by atoms with van der Waals surface area (Å²) in [7, 11) is 0. The van der Waals surface area contributed by atoms with Gasteiger partial charge in [0.2, 0.25) is 0 Å². The molecule has 0 atom stereocenters. The number of carbonyl (C=O) groups excluding carboxylic acids is 1. The molecule has 0 aromatic heterocycles. The fraction of sp³-hybridized carbons (Fsp3) is 0.348. The monoisotopic (exact) mass is 360 g/mol. The predicted molar refractivity (Wildman–Crippen MR) is 107 cm³/mol. The third-order valence-electron chi connectivity index (χ3n) is 5.50. The smallest absolute Gasteiger partial charge is 0.409 e. The molecule has 0 N–H and O–H groups in total. The van der Waals surface area contributed by atoms with Crippen LogP contribution in [0.5, 0.6) is 0 Å². The first-order chi connectivity index (χ1) is 13.3. The van der Waals surface area contributed by atoms with Crippen molar-refractivity contribution in [3.63, 3.8) is 0 Å². The van der Waals surface area contributed by atoms with Gasteiger partial charge in [0.05, 0.1) is 6.54 Å². The van der Waals surface area contributed by atoms with Crippen molar-refractivity contribution in [2.75, 3.05) is 39.3 Å². The van der Waals surface area contributed by atoms with Crippen LogP contribution in [-0.4, -0.2) is 55.2 Å². The van der Waals surface area contributed by atoms with E-state index in [0.29, 0.717) is 19.7 Å². The van der Waals surface area contributed by atoms with E-state index in [1.165, 1.54) is 22.3 Å². The third-order valence-corrected chi connectivity index (χ3v) is 5.50. The lowest BCUT2D eigenvalue weighted by atomic mass is 9.98. The molecule has 27 heavy (non-hydrogen) atoms. The summed E-state index contributed by atoms with van der Waals surface area (Å²) >= 11 is 0. The van der Waals surface area contributed by atoms with Gasteiger partial charge in [-0.05, 0) is 28.7 Å². The summed E-state index contributed by atoms with van der Waals surface area (Å²) in [5.41, 5.74) is 4.97. The molecule has 1 saturated heterocycles. The molecule has 1 heterocycles. The van der Waals surface area contributed by atoms with Gasteiger partial charge in [-0.15, -0.1) is 6.42 Å². The van der Waals surface area contributed by atoms with E-state index in [2.05, 4.69) is 59.4 Å². The lowest BCUT2D eigenvalue weighted by Crippen LogP contribution is -2.36. The van der Waals surface area contributed by atoms with Gasteiger partial charge in [-0.25, -0.2) is 4.79 Å². The van der Waals surface area contributed by atoms with Gasteiger partial charge in [-0.1, -0.05) is 54.5 Å². The highest BCUT2D eigenvalue weighted by Gasteiger charge is 2.30. The summed E-state index contributed by atoms with van der Waals surface area (Å²) in [6.45, 7) is 4.12. The van der Waals surface area contributed by atoms with E-state index in [4.69, 9.17) is 11.2 Å². The van der Waals surface area contributed by atoms with Crippen LogP contribution in [0, 0.1) is 12.3 Å². The van der Waals surface area contributed by atoms with Crippen LogP contribution in [0.25, 0.3) is 11.1 Å². The minimum atomic E-state index is -0.223. The molecule has 2 aliphatic rings. The Morgan fingerprint density at radius 1 is 1.00 bits per heavy atom. The topological polar surface area (TPSA) is 32.8 Å². The van der Waals surface area contributed by atoms with Gasteiger partial charge in [0.1, 0.15) is 6.61 Å². The number of rotatable bonds is 3. The van der Waals surface area contributed by atoms with Crippen molar-refractivity contribution < 1.29 is 9.53 Å². The number of fused-ring (bicyclic) bond motifs is 3. The molecular formula is C23H24N2O2. The maximum absolute atomic E-state index is 12.6. The van der Waals surface area contributed by atoms with E-state index in [9.17, 15) is 4.79 Å². The minimum Gasteiger partial charge on any atom is -0.448 e. The van der Waals surface area contributed by atoms with Gasteiger partial charge in [0, 0.05) is 32.1 Å². The van der Waals surface area contributed by atoms with Gasteiger partial charge in [0.25, 0.3) is 0 Å². The maximum atomic E-state index is 12.6. The summed E-state index contributed by atoms with van der Waals surface area (Å²) in [6.07, 6.45) is 6.10. The molecular weight excluding hydrogens is 336 g/mol. The van der Waals surface area contributed by atoms with Crippen molar-refractivity contribution in [3.8, 4) is 23.5 Å². The fourth-order valence-corrected chi connectivity index (χ4v) is 4.13. The second-order valence-electron chi connectivity index (χ2n) is 7.12. The van der Waals surface area contributed by atoms with Gasteiger partial charge in [-0.2, -0.15) is 0 Å². The molecule has 0 unspecified atom stereocenters.